The van der Waals surface area contributed by atoms with Crippen molar-refractivity contribution >= 4 is 11.8 Å². The molecule has 0 amide bonds. The lowest BCUT2D eigenvalue weighted by Crippen LogP contribution is -2.26. The molecule has 25 heavy (non-hydrogen) atoms. The van der Waals surface area contributed by atoms with E-state index in [1.807, 2.05) is 24.3 Å². The van der Waals surface area contributed by atoms with E-state index in [9.17, 15) is 14.9 Å². The van der Waals surface area contributed by atoms with Crippen molar-refractivity contribution in [2.45, 2.75) is 33.3 Å². The number of carbonyl (C=O) groups is 1. The zero-order valence-corrected chi connectivity index (χ0v) is 14.4. The van der Waals surface area contributed by atoms with Gasteiger partial charge in [-0.2, -0.15) is 0 Å². The molecule has 1 aromatic heterocycles. The summed E-state index contributed by atoms with van der Waals surface area (Å²) in [5.74, 6) is -1.10. The van der Waals surface area contributed by atoms with Crippen LogP contribution in [0.4, 0.5) is 5.82 Å². The van der Waals surface area contributed by atoms with Gasteiger partial charge in [0.2, 0.25) is 5.75 Å². The van der Waals surface area contributed by atoms with Crippen LogP contribution in [0.2, 0.25) is 0 Å². The summed E-state index contributed by atoms with van der Waals surface area (Å²) in [5.41, 5.74) is 2.71. The summed E-state index contributed by atoms with van der Waals surface area (Å²) >= 11 is 0. The summed E-state index contributed by atoms with van der Waals surface area (Å²) in [5, 5.41) is 11.2. The van der Waals surface area contributed by atoms with Crippen molar-refractivity contribution in [3.63, 3.8) is 0 Å². The Hall–Kier alpha value is -2.96. The van der Waals surface area contributed by atoms with Crippen molar-refractivity contribution in [1.82, 2.24) is 4.98 Å². The second-order valence-electron chi connectivity index (χ2n) is 5.37. The fraction of sp³-hybridized carbons (Fsp3) is 0.333. The molecule has 7 nitrogen and oxygen atoms in total. The topological polar surface area (TPSA) is 91.6 Å². The highest BCUT2D eigenvalue weighted by Crippen LogP contribution is 2.31. The van der Waals surface area contributed by atoms with Gasteiger partial charge in [0.25, 0.3) is 0 Å². The molecule has 0 bridgehead atoms. The van der Waals surface area contributed by atoms with E-state index in [-0.39, 0.29) is 12.4 Å². The summed E-state index contributed by atoms with van der Waals surface area (Å²) in [6, 6.07) is 9.32. The summed E-state index contributed by atoms with van der Waals surface area (Å²) in [6.45, 7) is 5.42. The van der Waals surface area contributed by atoms with Crippen molar-refractivity contribution in [1.29, 1.82) is 0 Å². The van der Waals surface area contributed by atoms with E-state index in [2.05, 4.69) is 11.9 Å². The highest BCUT2D eigenvalue weighted by Gasteiger charge is 2.24. The Morgan fingerprint density at radius 2 is 1.92 bits per heavy atom. The maximum absolute atomic E-state index is 11.7. The third-order valence-electron chi connectivity index (χ3n) is 3.62. The molecule has 0 saturated carbocycles. The van der Waals surface area contributed by atoms with Crippen LogP contribution in [0.25, 0.3) is 11.1 Å². The number of aryl methyl sites for hydroxylation is 1. The number of aromatic nitrogens is 1. The average Bonchev–Trinajstić information content (AvgIpc) is 2.61. The van der Waals surface area contributed by atoms with Crippen LogP contribution in [0.3, 0.4) is 0 Å². The van der Waals surface area contributed by atoms with Crippen LogP contribution >= 0.6 is 0 Å². The number of pyridine rings is 1. The van der Waals surface area contributed by atoms with Gasteiger partial charge >= 0.3 is 11.8 Å². The van der Waals surface area contributed by atoms with Crippen LogP contribution in [0.1, 0.15) is 26.3 Å². The number of hydrogen-bond acceptors (Lipinski definition) is 6. The van der Waals surface area contributed by atoms with E-state index in [1.54, 1.807) is 6.92 Å². The molecule has 2 aromatic rings. The Kier molecular flexibility index (Phi) is 6.05. The van der Waals surface area contributed by atoms with Crippen molar-refractivity contribution in [2.75, 3.05) is 6.61 Å². The Labute approximate surface area is 145 Å². The normalized spacial score (nSPS) is 11.6. The Bertz CT molecular complexity index is 759. The second-order valence-corrected chi connectivity index (χ2v) is 5.37. The molecule has 0 aliphatic heterocycles. The maximum Gasteiger partial charge on any atom is 0.406 e. The highest BCUT2D eigenvalue weighted by molar-refractivity contribution is 5.75. The summed E-state index contributed by atoms with van der Waals surface area (Å²) in [6.07, 6.45) is 1.36. The Morgan fingerprint density at radius 3 is 2.48 bits per heavy atom. The number of nitrogens with zero attached hydrogens (tertiary/aromatic N) is 2. The Balaban J connectivity index is 2.35. The zero-order valence-electron chi connectivity index (χ0n) is 14.4. The molecule has 132 valence electrons. The van der Waals surface area contributed by atoms with Crippen molar-refractivity contribution in [3.8, 4) is 16.9 Å². The molecule has 0 N–H and O–H groups in total. The SMILES string of the molecule is CCOC(=O)C(C)Oc1cc(-c2ccc(CC)cc2)cnc1[N+](=O)[O-]. The predicted octanol–water partition coefficient (Wildman–Crippen LogP) is 3.55. The largest absolute Gasteiger partial charge is 0.471 e. The maximum atomic E-state index is 11.7. The third kappa shape index (κ3) is 4.53. The smallest absolute Gasteiger partial charge is 0.406 e. The molecular formula is C18H20N2O5. The van der Waals surface area contributed by atoms with Gasteiger partial charge in [-0.3, -0.25) is 0 Å². The average molecular weight is 344 g/mol. The lowest BCUT2D eigenvalue weighted by atomic mass is 10.0. The van der Waals surface area contributed by atoms with Gasteiger partial charge in [-0.1, -0.05) is 31.2 Å². The zero-order chi connectivity index (χ0) is 18.4. The van der Waals surface area contributed by atoms with E-state index in [1.165, 1.54) is 24.8 Å². The first kappa shape index (κ1) is 18.4. The molecule has 0 saturated heterocycles. The monoisotopic (exact) mass is 344 g/mol. The van der Waals surface area contributed by atoms with Crippen molar-refractivity contribution < 1.29 is 19.2 Å². The first-order valence-electron chi connectivity index (χ1n) is 8.03. The quantitative estimate of drug-likeness (QED) is 0.433. The molecule has 0 aliphatic carbocycles. The molecule has 0 fully saturated rings. The van der Waals surface area contributed by atoms with Gasteiger partial charge in [-0.25, -0.2) is 4.79 Å². The van der Waals surface area contributed by atoms with E-state index >= 15 is 0 Å². The van der Waals surface area contributed by atoms with Crippen molar-refractivity contribution in [2.24, 2.45) is 0 Å². The van der Waals surface area contributed by atoms with E-state index in [0.717, 1.165) is 12.0 Å². The fourth-order valence-electron chi connectivity index (χ4n) is 2.25. The lowest BCUT2D eigenvalue weighted by Gasteiger charge is -2.13. The van der Waals surface area contributed by atoms with Crippen LogP contribution in [-0.2, 0) is 16.0 Å². The van der Waals surface area contributed by atoms with Gasteiger partial charge in [0.1, 0.15) is 6.20 Å². The molecule has 0 radical (unpaired) electrons. The Morgan fingerprint density at radius 1 is 1.24 bits per heavy atom. The number of rotatable bonds is 7. The van der Waals surface area contributed by atoms with Gasteiger partial charge < -0.3 is 19.6 Å². The summed E-state index contributed by atoms with van der Waals surface area (Å²) < 4.78 is 10.3. The van der Waals surface area contributed by atoms with Crippen LogP contribution in [-0.4, -0.2) is 28.6 Å². The number of ether oxygens (including phenoxy) is 2. The van der Waals surface area contributed by atoms with Crippen LogP contribution < -0.4 is 4.74 Å². The standard InChI is InChI=1S/C18H20N2O5/c1-4-13-6-8-14(9-7-13)15-10-16(17(19-11-15)20(22)23)25-12(3)18(21)24-5-2/h6-12H,4-5H2,1-3H3. The lowest BCUT2D eigenvalue weighted by molar-refractivity contribution is -0.390. The molecule has 7 heteroatoms. The highest BCUT2D eigenvalue weighted by atomic mass is 16.6. The van der Waals surface area contributed by atoms with Gasteiger partial charge in [-0.05, 0) is 41.3 Å². The second kappa shape index (κ2) is 8.23. The van der Waals surface area contributed by atoms with Crippen molar-refractivity contribution in [3.05, 3.63) is 52.2 Å². The molecular weight excluding hydrogens is 324 g/mol. The van der Waals surface area contributed by atoms with Crippen LogP contribution in [0, 0.1) is 10.1 Å². The van der Waals surface area contributed by atoms with E-state index < -0.39 is 22.8 Å². The number of carbonyl (C=O) groups excluding carboxylic acids is 1. The molecule has 0 aliphatic rings. The van der Waals surface area contributed by atoms with E-state index in [0.29, 0.717) is 5.56 Å². The van der Waals surface area contributed by atoms with E-state index in [4.69, 9.17) is 9.47 Å². The number of benzene rings is 1. The molecule has 1 unspecified atom stereocenters. The minimum absolute atomic E-state index is 0.0670. The van der Waals surface area contributed by atoms with Crippen LogP contribution in [0.15, 0.2) is 36.5 Å². The minimum Gasteiger partial charge on any atom is -0.471 e. The minimum atomic E-state index is -0.974. The predicted molar refractivity (Wildman–Crippen MR) is 92.4 cm³/mol. The number of nitro groups is 1. The number of esters is 1. The molecule has 0 spiro atoms. The van der Waals surface area contributed by atoms with Gasteiger partial charge in [-0.15, -0.1) is 0 Å². The molecule has 1 heterocycles. The van der Waals surface area contributed by atoms with Gasteiger partial charge in [0.15, 0.2) is 6.10 Å². The molecule has 1 aromatic carbocycles. The molecule has 1 atom stereocenters. The third-order valence-corrected chi connectivity index (χ3v) is 3.62. The fourth-order valence-corrected chi connectivity index (χ4v) is 2.25. The summed E-state index contributed by atoms with van der Waals surface area (Å²) in [7, 11) is 0. The van der Waals surface area contributed by atoms with Crippen LogP contribution in [0.5, 0.6) is 5.75 Å². The first-order chi connectivity index (χ1) is 12.0. The molecule has 2 rings (SSSR count). The summed E-state index contributed by atoms with van der Waals surface area (Å²) in [4.78, 5) is 26.1. The first-order valence-corrected chi connectivity index (χ1v) is 8.03. The number of hydrogen-bond donors (Lipinski definition) is 0. The van der Waals surface area contributed by atoms with Gasteiger partial charge in [0, 0.05) is 11.6 Å². The van der Waals surface area contributed by atoms with Gasteiger partial charge in [0.05, 0.1) is 6.61 Å².